The van der Waals surface area contributed by atoms with Crippen LogP contribution in [-0.2, 0) is 4.79 Å². The standard InChI is InChI=1S/C17H26N4O/c1-17(2,3)16(22)21-10-7-13(8-11-21)19-14-6-9-18-15(20-14)12-4-5-12/h6,9,12-13H,4-5,7-8,10-11H2,1-3H3,(H,18,19,20). The number of piperidine rings is 1. The van der Waals surface area contributed by atoms with Gasteiger partial charge in [0.05, 0.1) is 0 Å². The van der Waals surface area contributed by atoms with Crippen molar-refractivity contribution in [3.63, 3.8) is 0 Å². The molecule has 0 radical (unpaired) electrons. The lowest BCUT2D eigenvalue weighted by molar-refractivity contribution is -0.140. The van der Waals surface area contributed by atoms with E-state index in [0.717, 1.165) is 37.6 Å². The van der Waals surface area contributed by atoms with Crippen LogP contribution in [0.2, 0.25) is 0 Å². The predicted molar refractivity (Wildman–Crippen MR) is 86.7 cm³/mol. The van der Waals surface area contributed by atoms with E-state index in [0.29, 0.717) is 12.0 Å². The van der Waals surface area contributed by atoms with Crippen molar-refractivity contribution in [1.82, 2.24) is 14.9 Å². The highest BCUT2D eigenvalue weighted by Crippen LogP contribution is 2.38. The van der Waals surface area contributed by atoms with Crippen molar-refractivity contribution < 1.29 is 4.79 Å². The van der Waals surface area contributed by atoms with Crippen molar-refractivity contribution in [1.29, 1.82) is 0 Å². The van der Waals surface area contributed by atoms with E-state index in [9.17, 15) is 4.79 Å². The van der Waals surface area contributed by atoms with Gasteiger partial charge < -0.3 is 10.2 Å². The number of hydrogen-bond acceptors (Lipinski definition) is 4. The number of nitrogens with one attached hydrogen (secondary N) is 1. The van der Waals surface area contributed by atoms with Gasteiger partial charge in [0.1, 0.15) is 11.6 Å². The summed E-state index contributed by atoms with van der Waals surface area (Å²) in [5.74, 6) is 2.74. The molecule has 5 heteroatoms. The van der Waals surface area contributed by atoms with Gasteiger partial charge in [0.15, 0.2) is 0 Å². The molecule has 3 rings (SSSR count). The molecule has 1 aliphatic carbocycles. The number of amides is 1. The highest BCUT2D eigenvalue weighted by atomic mass is 16.2. The Morgan fingerprint density at radius 3 is 2.50 bits per heavy atom. The lowest BCUT2D eigenvalue weighted by atomic mass is 9.93. The summed E-state index contributed by atoms with van der Waals surface area (Å²) in [5.41, 5.74) is -0.286. The van der Waals surface area contributed by atoms with E-state index in [2.05, 4.69) is 15.3 Å². The Hall–Kier alpha value is -1.65. The van der Waals surface area contributed by atoms with Crippen LogP contribution in [-0.4, -0.2) is 39.9 Å². The average molecular weight is 302 g/mol. The first-order chi connectivity index (χ1) is 10.4. The summed E-state index contributed by atoms with van der Waals surface area (Å²) in [4.78, 5) is 23.3. The normalized spacial score (nSPS) is 20.0. The number of hydrogen-bond donors (Lipinski definition) is 1. The number of likely N-dealkylation sites (tertiary alicyclic amines) is 1. The van der Waals surface area contributed by atoms with Gasteiger partial charge in [-0.1, -0.05) is 20.8 Å². The maximum Gasteiger partial charge on any atom is 0.227 e. The Labute approximate surface area is 132 Å². The van der Waals surface area contributed by atoms with E-state index in [-0.39, 0.29) is 11.3 Å². The van der Waals surface area contributed by atoms with Crippen molar-refractivity contribution in [3.05, 3.63) is 18.1 Å². The minimum absolute atomic E-state index is 0.254. The van der Waals surface area contributed by atoms with E-state index < -0.39 is 0 Å². The zero-order valence-electron chi connectivity index (χ0n) is 13.8. The Balaban J connectivity index is 1.53. The quantitative estimate of drug-likeness (QED) is 0.933. The summed E-state index contributed by atoms with van der Waals surface area (Å²) < 4.78 is 0. The van der Waals surface area contributed by atoms with Crippen molar-refractivity contribution in [2.24, 2.45) is 5.41 Å². The highest BCUT2D eigenvalue weighted by Gasteiger charge is 2.30. The minimum Gasteiger partial charge on any atom is -0.367 e. The Morgan fingerprint density at radius 2 is 1.91 bits per heavy atom. The van der Waals surface area contributed by atoms with Crippen LogP contribution >= 0.6 is 0 Å². The molecule has 1 aromatic heterocycles. The third kappa shape index (κ3) is 3.57. The van der Waals surface area contributed by atoms with Crippen LogP contribution < -0.4 is 5.32 Å². The molecule has 2 fully saturated rings. The lowest BCUT2D eigenvalue weighted by Crippen LogP contribution is -2.46. The first-order valence-electron chi connectivity index (χ1n) is 8.32. The third-order valence-corrected chi connectivity index (χ3v) is 4.39. The van der Waals surface area contributed by atoms with Gasteiger partial charge >= 0.3 is 0 Å². The minimum atomic E-state index is -0.286. The summed E-state index contributed by atoms with van der Waals surface area (Å²) in [6, 6.07) is 2.34. The molecule has 1 saturated heterocycles. The van der Waals surface area contributed by atoms with Gasteiger partial charge in [0.25, 0.3) is 0 Å². The van der Waals surface area contributed by atoms with Gasteiger partial charge in [-0.25, -0.2) is 9.97 Å². The molecule has 1 N–H and O–H groups in total. The number of carbonyl (C=O) groups excluding carboxylic acids is 1. The molecule has 120 valence electrons. The topological polar surface area (TPSA) is 58.1 Å². The van der Waals surface area contributed by atoms with Crippen LogP contribution in [0.5, 0.6) is 0 Å². The largest absolute Gasteiger partial charge is 0.367 e. The van der Waals surface area contributed by atoms with Crippen molar-refractivity contribution in [2.75, 3.05) is 18.4 Å². The summed E-state index contributed by atoms with van der Waals surface area (Å²) in [6.07, 6.45) is 6.24. The lowest BCUT2D eigenvalue weighted by Gasteiger charge is -2.36. The Morgan fingerprint density at radius 1 is 1.23 bits per heavy atom. The van der Waals surface area contributed by atoms with Crippen molar-refractivity contribution in [3.8, 4) is 0 Å². The van der Waals surface area contributed by atoms with Crippen LogP contribution in [0.1, 0.15) is 58.2 Å². The predicted octanol–water partition coefficient (Wildman–Crippen LogP) is 2.80. The second-order valence-corrected chi connectivity index (χ2v) is 7.54. The molecule has 0 aromatic carbocycles. The van der Waals surface area contributed by atoms with E-state index >= 15 is 0 Å². The molecule has 1 aromatic rings. The van der Waals surface area contributed by atoms with Gasteiger partial charge in [-0.05, 0) is 31.7 Å². The first-order valence-corrected chi connectivity index (χ1v) is 8.32. The second kappa shape index (κ2) is 5.86. The van der Waals surface area contributed by atoms with Crippen LogP contribution in [0, 0.1) is 5.41 Å². The SMILES string of the molecule is CC(C)(C)C(=O)N1CCC(Nc2ccnc(C3CC3)n2)CC1. The van der Waals surface area contributed by atoms with Crippen molar-refractivity contribution >= 4 is 11.7 Å². The van der Waals surface area contributed by atoms with Gasteiger partial charge in [-0.3, -0.25) is 4.79 Å². The van der Waals surface area contributed by atoms with E-state index in [4.69, 9.17) is 0 Å². The molecule has 22 heavy (non-hydrogen) atoms. The van der Waals surface area contributed by atoms with Crippen LogP contribution in [0.4, 0.5) is 5.82 Å². The zero-order valence-corrected chi connectivity index (χ0v) is 13.8. The second-order valence-electron chi connectivity index (χ2n) is 7.54. The molecule has 2 heterocycles. The Bertz CT molecular complexity index is 540. The number of carbonyl (C=O) groups is 1. The molecule has 0 unspecified atom stereocenters. The highest BCUT2D eigenvalue weighted by molar-refractivity contribution is 5.81. The number of rotatable bonds is 3. The van der Waals surface area contributed by atoms with Crippen LogP contribution in [0.25, 0.3) is 0 Å². The van der Waals surface area contributed by atoms with E-state index in [1.54, 1.807) is 0 Å². The first kappa shape index (κ1) is 15.3. The van der Waals surface area contributed by atoms with Gasteiger partial charge in [-0.2, -0.15) is 0 Å². The molecule has 1 saturated carbocycles. The number of aromatic nitrogens is 2. The molecule has 2 aliphatic rings. The van der Waals surface area contributed by atoms with Gasteiger partial charge in [-0.15, -0.1) is 0 Å². The Kier molecular flexibility index (Phi) is 4.06. The van der Waals surface area contributed by atoms with Gasteiger partial charge in [0.2, 0.25) is 5.91 Å². The fourth-order valence-corrected chi connectivity index (χ4v) is 2.90. The van der Waals surface area contributed by atoms with Crippen LogP contribution in [0.3, 0.4) is 0 Å². The summed E-state index contributed by atoms with van der Waals surface area (Å²) >= 11 is 0. The third-order valence-electron chi connectivity index (χ3n) is 4.39. The van der Waals surface area contributed by atoms with E-state index in [1.165, 1.54) is 12.8 Å². The molecule has 5 nitrogen and oxygen atoms in total. The molecule has 1 amide bonds. The fourth-order valence-electron chi connectivity index (χ4n) is 2.90. The fraction of sp³-hybridized carbons (Fsp3) is 0.706. The maximum atomic E-state index is 12.3. The molecular weight excluding hydrogens is 276 g/mol. The summed E-state index contributed by atoms with van der Waals surface area (Å²) in [5, 5.41) is 3.51. The monoisotopic (exact) mass is 302 g/mol. The molecule has 0 bridgehead atoms. The molecule has 0 atom stereocenters. The van der Waals surface area contributed by atoms with Crippen LogP contribution in [0.15, 0.2) is 12.3 Å². The maximum absolute atomic E-state index is 12.3. The van der Waals surface area contributed by atoms with E-state index in [1.807, 2.05) is 37.9 Å². The number of nitrogens with zero attached hydrogens (tertiary/aromatic N) is 3. The average Bonchev–Trinajstić information content (AvgIpc) is 3.31. The summed E-state index contributed by atoms with van der Waals surface area (Å²) in [6.45, 7) is 7.61. The zero-order chi connectivity index (χ0) is 15.7. The molecular formula is C17H26N4O. The van der Waals surface area contributed by atoms with Crippen molar-refractivity contribution in [2.45, 2.75) is 58.4 Å². The molecule has 0 spiro atoms. The van der Waals surface area contributed by atoms with Gasteiger partial charge in [0, 0.05) is 36.7 Å². The smallest absolute Gasteiger partial charge is 0.227 e. The summed E-state index contributed by atoms with van der Waals surface area (Å²) in [7, 11) is 0. The molecule has 1 aliphatic heterocycles. The number of anilines is 1.